The van der Waals surface area contributed by atoms with E-state index >= 15 is 0 Å². The average Bonchev–Trinajstić information content (AvgIpc) is 3.19. The second kappa shape index (κ2) is 9.57. The summed E-state index contributed by atoms with van der Waals surface area (Å²) in [5.74, 6) is 0.196. The van der Waals surface area contributed by atoms with Gasteiger partial charge in [0.2, 0.25) is 5.91 Å². The molecule has 4 rings (SSSR count). The number of aromatic nitrogens is 2. The zero-order valence-electron chi connectivity index (χ0n) is 17.0. The first kappa shape index (κ1) is 22.2. The molecule has 0 bridgehead atoms. The Morgan fingerprint density at radius 1 is 1.20 bits per heavy atom. The molecule has 9 heteroatoms. The molecule has 2 aromatic rings. The molecule has 0 radical (unpaired) electrons. The van der Waals surface area contributed by atoms with Crippen LogP contribution in [-0.2, 0) is 11.8 Å². The molecule has 1 N–H and O–H groups in total. The van der Waals surface area contributed by atoms with Crippen molar-refractivity contribution in [3.63, 3.8) is 0 Å². The van der Waals surface area contributed by atoms with Gasteiger partial charge in [0.15, 0.2) is 0 Å². The minimum absolute atomic E-state index is 0. The van der Waals surface area contributed by atoms with Gasteiger partial charge in [0.05, 0.1) is 5.92 Å². The quantitative estimate of drug-likeness (QED) is 0.800. The molecular formula is C21H27ClFN5O2. The van der Waals surface area contributed by atoms with Gasteiger partial charge in [-0.2, -0.15) is 0 Å². The predicted molar refractivity (Wildman–Crippen MR) is 113 cm³/mol. The van der Waals surface area contributed by atoms with E-state index in [9.17, 15) is 14.0 Å². The standard InChI is InChI=1S/C21H26FN5O2.ClH/c1-25-11-9-24-19(25)18-13-23-8-12-27(18)21(29)16-3-2-10-26(14-16)20(28)15-4-6-17(22)7-5-15;/h4-7,9,11,16,18,23H,2-3,8,10,12-14H2,1H3;1H. The van der Waals surface area contributed by atoms with Gasteiger partial charge in [-0.1, -0.05) is 0 Å². The van der Waals surface area contributed by atoms with Gasteiger partial charge in [-0.15, -0.1) is 12.4 Å². The highest BCUT2D eigenvalue weighted by Gasteiger charge is 2.37. The van der Waals surface area contributed by atoms with Crippen LogP contribution >= 0.6 is 12.4 Å². The van der Waals surface area contributed by atoms with Gasteiger partial charge >= 0.3 is 0 Å². The number of amides is 2. The summed E-state index contributed by atoms with van der Waals surface area (Å²) in [5.41, 5.74) is 0.451. The summed E-state index contributed by atoms with van der Waals surface area (Å²) in [5, 5.41) is 3.35. The maximum atomic E-state index is 13.4. The molecule has 30 heavy (non-hydrogen) atoms. The van der Waals surface area contributed by atoms with E-state index in [1.165, 1.54) is 24.3 Å². The average molecular weight is 436 g/mol. The SMILES string of the molecule is Cl.Cn1ccnc1C1CNCCN1C(=O)C1CCCN(C(=O)c2ccc(F)cc2)C1. The molecule has 2 saturated heterocycles. The van der Waals surface area contributed by atoms with E-state index in [-0.39, 0.29) is 42.0 Å². The number of hydrogen-bond donors (Lipinski definition) is 1. The number of carbonyl (C=O) groups is 2. The molecule has 2 atom stereocenters. The third kappa shape index (κ3) is 4.49. The number of piperidine rings is 1. The van der Waals surface area contributed by atoms with E-state index in [1.54, 1.807) is 11.1 Å². The van der Waals surface area contributed by atoms with Crippen LogP contribution < -0.4 is 5.32 Å². The first-order chi connectivity index (χ1) is 14.0. The zero-order chi connectivity index (χ0) is 20.4. The fourth-order valence-corrected chi connectivity index (χ4v) is 4.27. The number of piperazine rings is 1. The smallest absolute Gasteiger partial charge is 0.253 e. The topological polar surface area (TPSA) is 70.5 Å². The van der Waals surface area contributed by atoms with Crippen LogP contribution in [0.15, 0.2) is 36.7 Å². The van der Waals surface area contributed by atoms with Crippen molar-refractivity contribution in [3.8, 4) is 0 Å². The molecule has 1 aromatic heterocycles. The Kier molecular flexibility index (Phi) is 7.10. The molecule has 0 aliphatic carbocycles. The van der Waals surface area contributed by atoms with Crippen molar-refractivity contribution < 1.29 is 14.0 Å². The Hall–Kier alpha value is -2.45. The minimum atomic E-state index is -0.368. The number of hydrogen-bond acceptors (Lipinski definition) is 4. The summed E-state index contributed by atoms with van der Waals surface area (Å²) in [4.78, 5) is 34.3. The Balaban J connectivity index is 0.00000256. The Labute approximate surface area is 181 Å². The predicted octanol–water partition coefficient (Wildman–Crippen LogP) is 2.01. The fraction of sp³-hybridized carbons (Fsp3) is 0.476. The Morgan fingerprint density at radius 3 is 2.67 bits per heavy atom. The van der Waals surface area contributed by atoms with Crippen molar-refractivity contribution in [1.82, 2.24) is 24.7 Å². The van der Waals surface area contributed by atoms with E-state index < -0.39 is 0 Å². The molecule has 2 unspecified atom stereocenters. The maximum Gasteiger partial charge on any atom is 0.253 e. The number of halogens is 2. The first-order valence-electron chi connectivity index (χ1n) is 10.1. The number of carbonyl (C=O) groups excluding carboxylic acids is 2. The molecular weight excluding hydrogens is 409 g/mol. The molecule has 1 aromatic carbocycles. The van der Waals surface area contributed by atoms with Gasteiger partial charge < -0.3 is 19.7 Å². The van der Waals surface area contributed by atoms with Crippen LogP contribution in [0.1, 0.15) is 35.1 Å². The van der Waals surface area contributed by atoms with E-state index in [0.29, 0.717) is 31.7 Å². The lowest BCUT2D eigenvalue weighted by molar-refractivity contribution is -0.140. The molecule has 2 fully saturated rings. The lowest BCUT2D eigenvalue weighted by atomic mass is 9.94. The molecule has 2 aliphatic rings. The number of nitrogens with one attached hydrogen (secondary N) is 1. The van der Waals surface area contributed by atoms with Crippen molar-refractivity contribution in [1.29, 1.82) is 0 Å². The zero-order valence-corrected chi connectivity index (χ0v) is 17.8. The third-order valence-corrected chi connectivity index (χ3v) is 5.83. The number of benzene rings is 1. The van der Waals surface area contributed by atoms with Crippen molar-refractivity contribution >= 4 is 24.2 Å². The van der Waals surface area contributed by atoms with E-state index in [4.69, 9.17) is 0 Å². The van der Waals surface area contributed by atoms with Crippen molar-refractivity contribution in [2.45, 2.75) is 18.9 Å². The normalized spacial score (nSPS) is 21.8. The van der Waals surface area contributed by atoms with Crippen molar-refractivity contribution in [3.05, 3.63) is 53.9 Å². The second-order valence-electron chi connectivity index (χ2n) is 7.75. The van der Waals surface area contributed by atoms with E-state index in [2.05, 4.69) is 10.3 Å². The minimum Gasteiger partial charge on any atom is -0.338 e. The molecule has 2 aliphatic heterocycles. The Morgan fingerprint density at radius 2 is 1.97 bits per heavy atom. The van der Waals surface area contributed by atoms with Crippen LogP contribution in [-0.4, -0.2) is 63.9 Å². The summed E-state index contributed by atoms with van der Waals surface area (Å²) >= 11 is 0. The summed E-state index contributed by atoms with van der Waals surface area (Å²) in [6.45, 7) is 3.05. The van der Waals surface area contributed by atoms with E-state index in [1.807, 2.05) is 22.7 Å². The van der Waals surface area contributed by atoms with Gasteiger partial charge in [0.1, 0.15) is 17.7 Å². The molecule has 0 spiro atoms. The first-order valence-corrected chi connectivity index (χ1v) is 10.1. The van der Waals surface area contributed by atoms with Crippen molar-refractivity contribution in [2.24, 2.45) is 13.0 Å². The van der Waals surface area contributed by atoms with Gasteiger partial charge in [-0.05, 0) is 37.1 Å². The molecule has 162 valence electrons. The summed E-state index contributed by atoms with van der Waals surface area (Å²) in [6.07, 6.45) is 5.18. The van der Waals surface area contributed by atoms with Crippen LogP contribution in [0.25, 0.3) is 0 Å². The van der Waals surface area contributed by atoms with Crippen LogP contribution in [0, 0.1) is 11.7 Å². The van der Waals surface area contributed by atoms with Crippen LogP contribution in [0.4, 0.5) is 4.39 Å². The summed E-state index contributed by atoms with van der Waals surface area (Å²) in [7, 11) is 1.93. The summed E-state index contributed by atoms with van der Waals surface area (Å²) in [6, 6.07) is 5.46. The van der Waals surface area contributed by atoms with Crippen LogP contribution in [0.3, 0.4) is 0 Å². The molecule has 2 amide bonds. The van der Waals surface area contributed by atoms with E-state index in [0.717, 1.165) is 25.2 Å². The van der Waals surface area contributed by atoms with Crippen LogP contribution in [0.2, 0.25) is 0 Å². The highest BCUT2D eigenvalue weighted by molar-refractivity contribution is 5.94. The number of nitrogens with zero attached hydrogens (tertiary/aromatic N) is 4. The van der Waals surface area contributed by atoms with Gasteiger partial charge in [0.25, 0.3) is 5.91 Å². The van der Waals surface area contributed by atoms with Gasteiger partial charge in [0, 0.05) is 57.7 Å². The largest absolute Gasteiger partial charge is 0.338 e. The van der Waals surface area contributed by atoms with Crippen LogP contribution in [0.5, 0.6) is 0 Å². The number of aryl methyl sites for hydroxylation is 1. The highest BCUT2D eigenvalue weighted by Crippen LogP contribution is 2.27. The highest BCUT2D eigenvalue weighted by atomic mass is 35.5. The second-order valence-corrected chi connectivity index (χ2v) is 7.75. The fourth-order valence-electron chi connectivity index (χ4n) is 4.27. The maximum absolute atomic E-state index is 13.4. The lowest BCUT2D eigenvalue weighted by Crippen LogP contribution is -2.53. The Bertz CT molecular complexity index is 888. The molecule has 0 saturated carbocycles. The number of rotatable bonds is 3. The van der Waals surface area contributed by atoms with Gasteiger partial charge in [-0.25, -0.2) is 9.37 Å². The van der Waals surface area contributed by atoms with Crippen molar-refractivity contribution in [2.75, 3.05) is 32.7 Å². The van der Waals surface area contributed by atoms with Gasteiger partial charge in [-0.3, -0.25) is 9.59 Å². The third-order valence-electron chi connectivity index (χ3n) is 5.83. The monoisotopic (exact) mass is 435 g/mol. The lowest BCUT2D eigenvalue weighted by Gasteiger charge is -2.40. The number of imidazole rings is 1. The summed E-state index contributed by atoms with van der Waals surface area (Å²) < 4.78 is 15.1. The molecule has 7 nitrogen and oxygen atoms in total. The molecule has 3 heterocycles. The number of likely N-dealkylation sites (tertiary alicyclic amines) is 1.